The number of hydrogen-bond acceptors (Lipinski definition) is 1. The Balaban J connectivity index is 2.21. The van der Waals surface area contributed by atoms with Gasteiger partial charge in [0.15, 0.2) is 6.33 Å². The first-order chi connectivity index (χ1) is 7.43. The second-order valence-electron chi connectivity index (χ2n) is 3.37. The molecule has 0 unspecified atom stereocenters. The molecule has 72 valence electrons. The predicted octanol–water partition coefficient (Wildman–Crippen LogP) is 1.61. The van der Waals surface area contributed by atoms with Crippen molar-refractivity contribution in [3.05, 3.63) is 61.3 Å². The Bertz CT molecular complexity index is 551. The van der Waals surface area contributed by atoms with E-state index in [4.69, 9.17) is 0 Å². The van der Waals surface area contributed by atoms with Gasteiger partial charge in [0.05, 0.1) is 6.20 Å². The first-order valence-corrected chi connectivity index (χ1v) is 4.83. The first-order valence-electron chi connectivity index (χ1n) is 4.83. The highest BCUT2D eigenvalue weighted by Gasteiger charge is 2.06. The topological polar surface area (TPSA) is 21.2 Å². The van der Waals surface area contributed by atoms with Crippen LogP contribution in [-0.2, 0) is 0 Å². The summed E-state index contributed by atoms with van der Waals surface area (Å²) in [5, 5.41) is 0. The van der Waals surface area contributed by atoms with Crippen LogP contribution in [0.25, 0.3) is 11.3 Å². The standard InChI is InChI=1S/C12H10N3/c1-3-7-13-12(6-1)15-9-11-5-2-4-8-14(11)10-15/h1-10H/q+1. The molecule has 0 aliphatic rings. The van der Waals surface area contributed by atoms with E-state index in [-0.39, 0.29) is 0 Å². The van der Waals surface area contributed by atoms with E-state index in [0.29, 0.717) is 0 Å². The fraction of sp³-hybridized carbons (Fsp3) is 0. The largest absolute Gasteiger partial charge is 0.266 e. The number of rotatable bonds is 1. The lowest BCUT2D eigenvalue weighted by Gasteiger charge is -1.88. The van der Waals surface area contributed by atoms with Crippen LogP contribution in [0.5, 0.6) is 0 Å². The summed E-state index contributed by atoms with van der Waals surface area (Å²) in [6.45, 7) is 0. The second kappa shape index (κ2) is 3.20. The number of imidazole rings is 1. The van der Waals surface area contributed by atoms with Crippen molar-refractivity contribution >= 4 is 5.52 Å². The molecule has 0 saturated heterocycles. The van der Waals surface area contributed by atoms with Crippen LogP contribution in [-0.4, -0.2) is 9.38 Å². The Hall–Kier alpha value is -2.16. The third-order valence-electron chi connectivity index (χ3n) is 2.36. The number of nitrogens with zero attached hydrogens (tertiary/aromatic N) is 3. The maximum Gasteiger partial charge on any atom is 0.266 e. The van der Waals surface area contributed by atoms with E-state index < -0.39 is 0 Å². The van der Waals surface area contributed by atoms with Crippen LogP contribution in [0.4, 0.5) is 0 Å². The molecule has 0 atom stereocenters. The molecule has 0 saturated carbocycles. The molecule has 0 fully saturated rings. The van der Waals surface area contributed by atoms with Crippen LogP contribution in [0.2, 0.25) is 0 Å². The van der Waals surface area contributed by atoms with Gasteiger partial charge in [0.1, 0.15) is 17.9 Å². The summed E-state index contributed by atoms with van der Waals surface area (Å²) in [6.07, 6.45) is 7.89. The average molecular weight is 196 g/mol. The Labute approximate surface area is 87.3 Å². The highest BCUT2D eigenvalue weighted by molar-refractivity contribution is 5.42. The van der Waals surface area contributed by atoms with Gasteiger partial charge in [-0.1, -0.05) is 12.1 Å². The quantitative estimate of drug-likeness (QED) is 0.542. The van der Waals surface area contributed by atoms with E-state index in [2.05, 4.69) is 21.6 Å². The average Bonchev–Trinajstić information content (AvgIpc) is 2.74. The molecule has 3 aromatic rings. The molecular weight excluding hydrogens is 186 g/mol. The highest BCUT2D eigenvalue weighted by Crippen LogP contribution is 2.01. The maximum absolute atomic E-state index is 4.29. The molecule has 15 heavy (non-hydrogen) atoms. The lowest BCUT2D eigenvalue weighted by atomic mass is 10.4. The molecule has 0 aliphatic carbocycles. The molecular formula is C12H10N3+. The van der Waals surface area contributed by atoms with E-state index in [1.807, 2.05) is 47.4 Å². The molecule has 0 N–H and O–H groups in total. The summed E-state index contributed by atoms with van der Waals surface area (Å²) in [7, 11) is 0. The minimum Gasteiger partial charge on any atom is -0.236 e. The van der Waals surface area contributed by atoms with Gasteiger partial charge in [-0.25, -0.2) is 8.97 Å². The van der Waals surface area contributed by atoms with Crippen LogP contribution in [0.1, 0.15) is 0 Å². The Morgan fingerprint density at radius 2 is 2.00 bits per heavy atom. The van der Waals surface area contributed by atoms with Gasteiger partial charge in [0.2, 0.25) is 0 Å². The SMILES string of the molecule is c1ccc(-[n+]2cc3ccccn3c2)nc1. The van der Waals surface area contributed by atoms with Gasteiger partial charge in [0, 0.05) is 6.07 Å². The summed E-state index contributed by atoms with van der Waals surface area (Å²) < 4.78 is 4.07. The van der Waals surface area contributed by atoms with Crippen molar-refractivity contribution in [3.8, 4) is 5.82 Å². The minimum atomic E-state index is 0.932. The molecule has 3 heteroatoms. The normalized spacial score (nSPS) is 10.7. The van der Waals surface area contributed by atoms with Crippen molar-refractivity contribution < 1.29 is 4.57 Å². The van der Waals surface area contributed by atoms with Gasteiger partial charge in [0.25, 0.3) is 5.82 Å². The first kappa shape index (κ1) is 8.17. The zero-order valence-electron chi connectivity index (χ0n) is 8.12. The lowest BCUT2D eigenvalue weighted by Crippen LogP contribution is -2.28. The number of aromatic nitrogens is 3. The zero-order chi connectivity index (χ0) is 10.1. The van der Waals surface area contributed by atoms with Crippen molar-refractivity contribution in [2.24, 2.45) is 0 Å². The second-order valence-corrected chi connectivity index (χ2v) is 3.37. The van der Waals surface area contributed by atoms with E-state index in [1.54, 1.807) is 6.20 Å². The lowest BCUT2D eigenvalue weighted by molar-refractivity contribution is -0.598. The van der Waals surface area contributed by atoms with Crippen LogP contribution in [0, 0.1) is 0 Å². The van der Waals surface area contributed by atoms with Gasteiger partial charge < -0.3 is 0 Å². The third-order valence-corrected chi connectivity index (χ3v) is 2.36. The van der Waals surface area contributed by atoms with Gasteiger partial charge >= 0.3 is 0 Å². The molecule has 0 spiro atoms. The summed E-state index contributed by atoms with van der Waals surface area (Å²) in [4.78, 5) is 4.29. The molecule has 0 radical (unpaired) electrons. The van der Waals surface area contributed by atoms with Crippen molar-refractivity contribution in [2.45, 2.75) is 0 Å². The molecule has 0 aliphatic heterocycles. The molecule has 3 aromatic heterocycles. The zero-order valence-corrected chi connectivity index (χ0v) is 8.12. The summed E-state index contributed by atoms with van der Waals surface area (Å²) in [6, 6.07) is 12.0. The van der Waals surface area contributed by atoms with Crippen LogP contribution in [0.15, 0.2) is 61.3 Å². The van der Waals surface area contributed by atoms with Gasteiger partial charge in [-0.05, 0) is 18.2 Å². The molecule has 0 bridgehead atoms. The van der Waals surface area contributed by atoms with Crippen LogP contribution >= 0.6 is 0 Å². The molecule has 0 aromatic carbocycles. The molecule has 3 rings (SSSR count). The van der Waals surface area contributed by atoms with Gasteiger partial charge in [-0.15, -0.1) is 4.98 Å². The van der Waals surface area contributed by atoms with E-state index in [9.17, 15) is 0 Å². The van der Waals surface area contributed by atoms with E-state index in [0.717, 1.165) is 11.3 Å². The Kier molecular flexibility index (Phi) is 1.75. The monoisotopic (exact) mass is 196 g/mol. The fourth-order valence-electron chi connectivity index (χ4n) is 1.63. The predicted molar refractivity (Wildman–Crippen MR) is 56.7 cm³/mol. The Morgan fingerprint density at radius 1 is 1.07 bits per heavy atom. The van der Waals surface area contributed by atoms with E-state index >= 15 is 0 Å². The maximum atomic E-state index is 4.29. The number of pyridine rings is 2. The summed E-state index contributed by atoms with van der Waals surface area (Å²) >= 11 is 0. The minimum absolute atomic E-state index is 0.932. The summed E-state index contributed by atoms with van der Waals surface area (Å²) in [5.74, 6) is 0.932. The van der Waals surface area contributed by atoms with Crippen molar-refractivity contribution in [1.82, 2.24) is 9.38 Å². The highest BCUT2D eigenvalue weighted by atomic mass is 15.1. The number of fused-ring (bicyclic) bond motifs is 1. The van der Waals surface area contributed by atoms with Crippen LogP contribution in [0.3, 0.4) is 0 Å². The van der Waals surface area contributed by atoms with Crippen molar-refractivity contribution in [3.63, 3.8) is 0 Å². The third kappa shape index (κ3) is 1.38. The Morgan fingerprint density at radius 3 is 2.80 bits per heavy atom. The molecule has 3 nitrogen and oxygen atoms in total. The van der Waals surface area contributed by atoms with Crippen molar-refractivity contribution in [1.29, 1.82) is 0 Å². The van der Waals surface area contributed by atoms with Crippen molar-refractivity contribution in [2.75, 3.05) is 0 Å². The fourth-order valence-corrected chi connectivity index (χ4v) is 1.63. The van der Waals surface area contributed by atoms with Crippen LogP contribution < -0.4 is 4.57 Å². The summed E-state index contributed by atoms with van der Waals surface area (Å²) in [5.41, 5.74) is 1.16. The molecule has 0 amide bonds. The van der Waals surface area contributed by atoms with E-state index in [1.165, 1.54) is 0 Å². The van der Waals surface area contributed by atoms with Gasteiger partial charge in [-0.2, -0.15) is 0 Å². The number of hydrogen-bond donors (Lipinski definition) is 0. The molecule has 3 heterocycles. The van der Waals surface area contributed by atoms with Gasteiger partial charge in [-0.3, -0.25) is 0 Å². The smallest absolute Gasteiger partial charge is 0.236 e.